The number of rotatable bonds is 5. The fourth-order valence-corrected chi connectivity index (χ4v) is 3.28. The third kappa shape index (κ3) is 3.84. The first kappa shape index (κ1) is 16.0. The van der Waals surface area contributed by atoms with Gasteiger partial charge >= 0.3 is 5.97 Å². The number of amides is 1. The highest BCUT2D eigenvalue weighted by Crippen LogP contribution is 2.23. The third-order valence-electron chi connectivity index (χ3n) is 4.41. The van der Waals surface area contributed by atoms with Gasteiger partial charge in [0.2, 0.25) is 5.91 Å². The van der Waals surface area contributed by atoms with E-state index in [1.54, 1.807) is 0 Å². The molecule has 1 fully saturated rings. The molecule has 21 heavy (non-hydrogen) atoms. The first-order valence-electron chi connectivity index (χ1n) is 7.98. The Hall–Kier alpha value is -1.36. The second kappa shape index (κ2) is 7.59. The molecule has 1 amide bonds. The van der Waals surface area contributed by atoms with E-state index in [4.69, 9.17) is 4.74 Å². The Morgan fingerprint density at radius 2 is 2.19 bits per heavy atom. The lowest BCUT2D eigenvalue weighted by Gasteiger charge is -2.34. The Bertz CT molecular complexity index is 420. The van der Waals surface area contributed by atoms with Gasteiger partial charge in [-0.15, -0.1) is 0 Å². The van der Waals surface area contributed by atoms with Gasteiger partial charge in [0, 0.05) is 12.2 Å². The minimum atomic E-state index is -0.260. The number of carbonyl (C=O) groups excluding carboxylic acids is 2. The topological polar surface area (TPSA) is 49.9 Å². The Morgan fingerprint density at radius 1 is 1.38 bits per heavy atom. The van der Waals surface area contributed by atoms with E-state index in [1.807, 2.05) is 16.7 Å². The second-order valence-electron chi connectivity index (χ2n) is 5.73. The van der Waals surface area contributed by atoms with Crippen molar-refractivity contribution in [3.05, 3.63) is 11.8 Å². The van der Waals surface area contributed by atoms with Gasteiger partial charge in [-0.3, -0.25) is 14.5 Å². The van der Waals surface area contributed by atoms with Crippen LogP contribution in [0.15, 0.2) is 11.8 Å². The zero-order valence-corrected chi connectivity index (χ0v) is 13.1. The first-order chi connectivity index (χ1) is 10.2. The maximum Gasteiger partial charge on any atom is 0.323 e. The number of nitrogens with zero attached hydrogens (tertiary/aromatic N) is 2. The number of likely N-dealkylation sites (N-methyl/N-ethyl adjacent to an activating group) is 1. The average molecular weight is 294 g/mol. The van der Waals surface area contributed by atoms with E-state index in [9.17, 15) is 9.59 Å². The number of methoxy groups -OCH3 is 1. The van der Waals surface area contributed by atoms with Crippen LogP contribution in [-0.4, -0.2) is 54.5 Å². The summed E-state index contributed by atoms with van der Waals surface area (Å²) in [6.07, 6.45) is 8.19. The predicted molar refractivity (Wildman–Crippen MR) is 80.5 cm³/mol. The fraction of sp³-hybridized carbons (Fsp3) is 0.750. The number of carbonyl (C=O) groups is 2. The van der Waals surface area contributed by atoms with Crippen LogP contribution in [0.2, 0.25) is 0 Å². The molecule has 1 saturated heterocycles. The lowest BCUT2D eigenvalue weighted by molar-refractivity contribution is -0.149. The zero-order valence-electron chi connectivity index (χ0n) is 13.1. The molecular formula is C16H26N2O3. The molecule has 5 nitrogen and oxygen atoms in total. The van der Waals surface area contributed by atoms with E-state index >= 15 is 0 Å². The minimum absolute atomic E-state index is 0.0986. The van der Waals surface area contributed by atoms with Crippen LogP contribution in [-0.2, 0) is 14.3 Å². The monoisotopic (exact) mass is 294 g/mol. The second-order valence-corrected chi connectivity index (χ2v) is 5.73. The molecular weight excluding hydrogens is 268 g/mol. The highest BCUT2D eigenvalue weighted by molar-refractivity contribution is 5.82. The number of piperidine rings is 1. The standard InChI is InChI=1S/C16H26N2O3/c1-3-18(13-8-4-5-9-13)15(19)12-17-11-7-6-10-14(17)16(20)21-2/h8,14H,3-7,9-12H2,1-2H3/t14-/m1/s1. The highest BCUT2D eigenvalue weighted by Gasteiger charge is 2.32. The van der Waals surface area contributed by atoms with Crippen LogP contribution in [0.4, 0.5) is 0 Å². The van der Waals surface area contributed by atoms with Crippen molar-refractivity contribution in [2.45, 2.75) is 51.5 Å². The van der Waals surface area contributed by atoms with E-state index in [2.05, 4.69) is 6.08 Å². The minimum Gasteiger partial charge on any atom is -0.468 e. The summed E-state index contributed by atoms with van der Waals surface area (Å²) in [4.78, 5) is 28.3. The molecule has 118 valence electrons. The number of allylic oxidation sites excluding steroid dienone is 2. The summed E-state index contributed by atoms with van der Waals surface area (Å²) < 4.78 is 4.87. The zero-order chi connectivity index (χ0) is 15.2. The third-order valence-corrected chi connectivity index (χ3v) is 4.41. The number of ether oxygens (including phenoxy) is 1. The van der Waals surface area contributed by atoms with Crippen molar-refractivity contribution in [1.82, 2.24) is 9.80 Å². The molecule has 0 aromatic heterocycles. The largest absolute Gasteiger partial charge is 0.468 e. The Labute approximate surface area is 126 Å². The quantitative estimate of drug-likeness (QED) is 0.727. The highest BCUT2D eigenvalue weighted by atomic mass is 16.5. The molecule has 0 unspecified atom stereocenters. The smallest absolute Gasteiger partial charge is 0.323 e. The predicted octanol–water partition coefficient (Wildman–Crippen LogP) is 1.93. The maximum atomic E-state index is 12.6. The molecule has 0 radical (unpaired) electrons. The number of hydrogen-bond donors (Lipinski definition) is 0. The number of likely N-dealkylation sites (tertiary alicyclic amines) is 1. The van der Waals surface area contributed by atoms with Crippen molar-refractivity contribution < 1.29 is 14.3 Å². The molecule has 2 aliphatic rings. The normalized spacial score (nSPS) is 22.8. The molecule has 0 saturated carbocycles. The van der Waals surface area contributed by atoms with Crippen molar-refractivity contribution >= 4 is 11.9 Å². The van der Waals surface area contributed by atoms with E-state index < -0.39 is 0 Å². The van der Waals surface area contributed by atoms with E-state index in [1.165, 1.54) is 7.11 Å². The molecule has 1 aliphatic heterocycles. The first-order valence-corrected chi connectivity index (χ1v) is 7.98. The molecule has 5 heteroatoms. The van der Waals surface area contributed by atoms with Crippen LogP contribution in [0.3, 0.4) is 0 Å². The van der Waals surface area contributed by atoms with E-state index in [0.29, 0.717) is 13.1 Å². The molecule has 1 heterocycles. The SMILES string of the molecule is CCN(C(=O)CN1CCCC[C@@H]1C(=O)OC)C1=CCCC1. The Kier molecular flexibility index (Phi) is 5.79. The average Bonchev–Trinajstić information content (AvgIpc) is 3.02. The molecule has 2 rings (SSSR count). The van der Waals surface area contributed by atoms with Gasteiger partial charge in [-0.25, -0.2) is 0 Å². The van der Waals surface area contributed by atoms with Crippen LogP contribution in [0.1, 0.15) is 45.4 Å². The van der Waals surface area contributed by atoms with Crippen LogP contribution >= 0.6 is 0 Å². The van der Waals surface area contributed by atoms with Gasteiger partial charge in [0.15, 0.2) is 0 Å². The molecule has 0 N–H and O–H groups in total. The van der Waals surface area contributed by atoms with Gasteiger partial charge in [0.25, 0.3) is 0 Å². The van der Waals surface area contributed by atoms with Gasteiger partial charge < -0.3 is 9.64 Å². The lowest BCUT2D eigenvalue weighted by atomic mass is 10.0. The van der Waals surface area contributed by atoms with Gasteiger partial charge in [0.1, 0.15) is 6.04 Å². The van der Waals surface area contributed by atoms with Crippen molar-refractivity contribution in [3.8, 4) is 0 Å². The molecule has 0 bridgehead atoms. The van der Waals surface area contributed by atoms with Crippen LogP contribution in [0.5, 0.6) is 0 Å². The molecule has 0 aromatic rings. The van der Waals surface area contributed by atoms with Crippen molar-refractivity contribution in [2.75, 3.05) is 26.7 Å². The summed E-state index contributed by atoms with van der Waals surface area (Å²) in [6, 6.07) is -0.260. The molecule has 0 aromatic carbocycles. The summed E-state index contributed by atoms with van der Waals surface area (Å²) in [5, 5.41) is 0. The van der Waals surface area contributed by atoms with Gasteiger partial charge in [-0.1, -0.05) is 12.5 Å². The fourth-order valence-electron chi connectivity index (χ4n) is 3.28. The van der Waals surface area contributed by atoms with Gasteiger partial charge in [-0.2, -0.15) is 0 Å². The van der Waals surface area contributed by atoms with Crippen LogP contribution in [0.25, 0.3) is 0 Å². The van der Waals surface area contributed by atoms with E-state index in [0.717, 1.165) is 50.8 Å². The van der Waals surface area contributed by atoms with Crippen LogP contribution in [0, 0.1) is 0 Å². The molecule has 1 aliphatic carbocycles. The number of esters is 1. The van der Waals surface area contributed by atoms with Gasteiger partial charge in [-0.05, 0) is 45.6 Å². The summed E-state index contributed by atoms with van der Waals surface area (Å²) in [6.45, 7) is 3.81. The molecule has 0 spiro atoms. The summed E-state index contributed by atoms with van der Waals surface area (Å²) in [5.41, 5.74) is 1.15. The summed E-state index contributed by atoms with van der Waals surface area (Å²) in [7, 11) is 1.42. The van der Waals surface area contributed by atoms with E-state index in [-0.39, 0.29) is 17.9 Å². The van der Waals surface area contributed by atoms with Crippen LogP contribution < -0.4 is 0 Å². The number of hydrogen-bond acceptors (Lipinski definition) is 4. The Balaban J connectivity index is 2.00. The van der Waals surface area contributed by atoms with Gasteiger partial charge in [0.05, 0.1) is 13.7 Å². The van der Waals surface area contributed by atoms with Crippen molar-refractivity contribution in [3.63, 3.8) is 0 Å². The maximum absolute atomic E-state index is 12.6. The lowest BCUT2D eigenvalue weighted by Crippen LogP contribution is -2.50. The molecule has 1 atom stereocenters. The Morgan fingerprint density at radius 3 is 2.81 bits per heavy atom. The summed E-state index contributed by atoms with van der Waals surface area (Å²) in [5.74, 6) is -0.118. The van der Waals surface area contributed by atoms with Crippen molar-refractivity contribution in [2.24, 2.45) is 0 Å². The summed E-state index contributed by atoms with van der Waals surface area (Å²) >= 11 is 0. The van der Waals surface area contributed by atoms with Crippen molar-refractivity contribution in [1.29, 1.82) is 0 Å².